The molecule has 0 radical (unpaired) electrons. The van der Waals surface area contributed by atoms with Gasteiger partial charge in [0, 0.05) is 55.0 Å². The Labute approximate surface area is 759 Å². The number of carbonyl (C=O) groups is 10. The summed E-state index contributed by atoms with van der Waals surface area (Å²) in [5.74, 6) is -16.6. The van der Waals surface area contributed by atoms with Crippen molar-refractivity contribution in [1.82, 2.24) is 62.9 Å². The fraction of sp³-hybridized carbons (Fsp3) is 0.405. The van der Waals surface area contributed by atoms with E-state index in [4.69, 9.17) is 85.4 Å². The molecule has 7 aliphatic rings. The van der Waals surface area contributed by atoms with Gasteiger partial charge in [-0.25, -0.2) is 15.1 Å². The number of primary amides is 1. The molecular weight excluding hydrogens is 1790 g/mol. The molecule has 14 rings (SSSR count). The summed E-state index contributed by atoms with van der Waals surface area (Å²) < 4.78 is 45.2. The summed E-state index contributed by atoms with van der Waals surface area (Å²) in [6.07, 6.45) is -19.4. The number of aliphatic hydroxyl groups excluding tert-OH is 6. The number of benzene rings is 6. The SMILES string of the molecule is CNC(CC(C)C)C(=O)NC1C(=O)NC(CC(N)=O)C(=O)NC2C(=O)NC3C(=O)NC(C(=O)N[C@@H](C(=O)NOCCNC(=O)OC)c4cc(O)cc(O)c4-c4cc3ccc4O)C(O)c3ccc(c(Cl)c3)Oc3cc2cc(c3OC2OC(CO)C(O)C(O)C2OC2C[C@@](C)(NCCn3ccc(NC(=O)Cc4ccc(Cl)c(Cl)c4)nc3=O)C(O)C(C)O2)Oc2ccc(cc2Cl)C1O. The molecule has 130 heavy (non-hydrogen) atoms. The Morgan fingerprint density at radius 1 is 0.700 bits per heavy atom. The van der Waals surface area contributed by atoms with Crippen molar-refractivity contribution in [3.63, 3.8) is 0 Å². The Morgan fingerprint density at radius 3 is 2.00 bits per heavy atom. The number of rotatable bonds is 24. The van der Waals surface area contributed by atoms with Gasteiger partial charge in [-0.15, -0.1) is 0 Å². The second kappa shape index (κ2) is 41.9. The summed E-state index contributed by atoms with van der Waals surface area (Å²) in [5, 5.41) is 132. The average molecular weight is 1890 g/mol. The quantitative estimate of drug-likeness (QED) is 0.0303. The number of amides is 10. The third-order valence-electron chi connectivity index (χ3n) is 22.0. The molecule has 22 N–H and O–H groups in total. The molecule has 10 amide bonds. The summed E-state index contributed by atoms with van der Waals surface area (Å²) in [6.45, 7) is 4.79. The van der Waals surface area contributed by atoms with Gasteiger partial charge in [0.05, 0.1) is 71.5 Å². The average Bonchev–Trinajstić information content (AvgIpc) is 0.764. The minimum Gasteiger partial charge on any atom is -0.508 e. The minimum atomic E-state index is -2.42. The van der Waals surface area contributed by atoms with Crippen molar-refractivity contribution in [2.24, 2.45) is 11.7 Å². The van der Waals surface area contributed by atoms with Crippen molar-refractivity contribution in [3.8, 4) is 57.1 Å². The van der Waals surface area contributed by atoms with Crippen LogP contribution in [-0.4, -0.2) is 234 Å². The maximum atomic E-state index is 16.4. The molecule has 42 nitrogen and oxygen atoms in total. The number of hydrogen-bond acceptors (Lipinski definition) is 31. The van der Waals surface area contributed by atoms with Crippen LogP contribution < -0.4 is 84.3 Å². The lowest BCUT2D eigenvalue weighted by Crippen LogP contribution is -2.65. The Kier molecular flexibility index (Phi) is 31.4. The van der Waals surface area contributed by atoms with Crippen LogP contribution in [0.5, 0.6) is 46.0 Å². The molecule has 0 saturated carbocycles. The zero-order valence-electron chi connectivity index (χ0n) is 69.9. The fourth-order valence-electron chi connectivity index (χ4n) is 15.3. The predicted molar refractivity (Wildman–Crippen MR) is 457 cm³/mol. The van der Waals surface area contributed by atoms with Crippen LogP contribution in [0.25, 0.3) is 11.1 Å². The highest BCUT2D eigenvalue weighted by Crippen LogP contribution is 2.50. The number of hydrogen-bond donors (Lipinski definition) is 21. The number of carbonyl (C=O) groups excluding carboxylic acids is 10. The number of halogens is 4. The Morgan fingerprint density at radius 2 is 1.36 bits per heavy atom. The number of alkyl carbamates (subject to hydrolysis) is 1. The highest BCUT2D eigenvalue weighted by atomic mass is 35.5. The molecule has 2 saturated heterocycles. The number of nitrogens with two attached hydrogens (primary N) is 1. The van der Waals surface area contributed by atoms with Crippen molar-refractivity contribution in [3.05, 3.63) is 173 Å². The van der Waals surface area contributed by atoms with Crippen molar-refractivity contribution < 1.29 is 132 Å². The number of fused-ring (bicyclic) bond motifs is 15. The number of nitrogens with zero attached hydrogens (tertiary/aromatic N) is 2. The summed E-state index contributed by atoms with van der Waals surface area (Å²) in [5.41, 5.74) is 3.29. The topological polar surface area (TPSA) is 620 Å². The minimum absolute atomic E-state index is 0.0499. The smallest absolute Gasteiger partial charge is 0.406 e. The number of aromatic nitrogens is 2. The van der Waals surface area contributed by atoms with Crippen molar-refractivity contribution in [1.29, 1.82) is 0 Å². The number of likely N-dealkylation sites (N-methyl/N-ethyl adjacent to an activating group) is 1. The van der Waals surface area contributed by atoms with E-state index in [0.717, 1.165) is 73.8 Å². The van der Waals surface area contributed by atoms with E-state index in [2.05, 4.69) is 68.4 Å². The highest BCUT2D eigenvalue weighted by Gasteiger charge is 2.52. The van der Waals surface area contributed by atoms with Crippen LogP contribution in [0, 0.1) is 5.92 Å². The normalized spacial score (nSPS) is 25.3. The van der Waals surface area contributed by atoms with Gasteiger partial charge in [0.2, 0.25) is 59.3 Å². The number of nitrogens with one attached hydrogen (secondary N) is 11. The number of hydroxylamine groups is 1. The van der Waals surface area contributed by atoms with Crippen molar-refractivity contribution in [2.75, 3.05) is 45.8 Å². The van der Waals surface area contributed by atoms with Gasteiger partial charge in [0.1, 0.15) is 101 Å². The maximum absolute atomic E-state index is 16.4. The Hall–Kier alpha value is -11.8. The van der Waals surface area contributed by atoms with Gasteiger partial charge < -0.3 is 138 Å². The molecule has 18 atom stereocenters. The van der Waals surface area contributed by atoms with Crippen LogP contribution in [0.15, 0.2) is 114 Å². The summed E-state index contributed by atoms with van der Waals surface area (Å²) >= 11 is 26.6. The molecule has 1 aromatic heterocycles. The van der Waals surface area contributed by atoms with Crippen LogP contribution in [0.1, 0.15) is 111 Å². The van der Waals surface area contributed by atoms with Crippen molar-refractivity contribution in [2.45, 2.75) is 169 Å². The van der Waals surface area contributed by atoms with Gasteiger partial charge in [0.25, 0.3) is 5.91 Å². The summed E-state index contributed by atoms with van der Waals surface area (Å²) in [6, 6.07) is 5.02. The Bertz CT molecular complexity index is 5550. The molecule has 0 spiro atoms. The first-order chi connectivity index (χ1) is 61.7. The number of phenolic OH excluding ortho intramolecular Hbond substituents is 3. The second-order valence-corrected chi connectivity index (χ2v) is 33.3. The largest absolute Gasteiger partial charge is 0.508 e. The van der Waals surface area contributed by atoms with Gasteiger partial charge in [0.15, 0.2) is 23.9 Å². The first-order valence-electron chi connectivity index (χ1n) is 40.5. The van der Waals surface area contributed by atoms with E-state index in [9.17, 15) is 74.7 Å². The van der Waals surface area contributed by atoms with Crippen LogP contribution in [0.2, 0.25) is 20.1 Å². The number of aliphatic hydroxyl groups is 6. The van der Waals surface area contributed by atoms with E-state index >= 15 is 24.0 Å². The lowest BCUT2D eigenvalue weighted by atomic mass is 9.85. The number of ether oxygens (including phenoxy) is 7. The third-order valence-corrected chi connectivity index (χ3v) is 23.3. The molecule has 7 aliphatic heterocycles. The van der Waals surface area contributed by atoms with Crippen molar-refractivity contribution >= 4 is 111 Å². The lowest BCUT2D eigenvalue weighted by molar-refractivity contribution is -0.334. The molecule has 11 bridgehead atoms. The maximum Gasteiger partial charge on any atom is 0.406 e. The van der Waals surface area contributed by atoms with Gasteiger partial charge >= 0.3 is 11.8 Å². The van der Waals surface area contributed by atoms with Gasteiger partial charge in [-0.2, -0.15) is 4.98 Å². The van der Waals surface area contributed by atoms with E-state index in [-0.39, 0.29) is 71.8 Å². The Balaban J connectivity index is 0.994. The molecule has 6 aromatic carbocycles. The van der Waals surface area contributed by atoms with Crippen LogP contribution in [0.3, 0.4) is 0 Å². The summed E-state index contributed by atoms with van der Waals surface area (Å²) in [7, 11) is 2.54. The molecule has 0 aliphatic carbocycles. The fourth-order valence-corrected chi connectivity index (χ4v) is 16.0. The molecule has 16 unspecified atom stereocenters. The third kappa shape index (κ3) is 22.6. The first-order valence-corrected chi connectivity index (χ1v) is 42.0. The van der Waals surface area contributed by atoms with E-state index in [1.165, 1.54) is 55.1 Å². The molecule has 8 heterocycles. The molecular formula is C84H94Cl4N14O28. The standard InChI is InChI=1S/C84H94Cl4N14O28/c1-34(2)21-48(90-5)74(114)99-65-67(109)38-9-13-52(46(87)25-38)126-54-27-40-28-55(71(54)130-81-72(70(112)69(111)56(33-103)128-81)129-60-32-84(4,73(113)35(3)125-60)92-16-19-102-18-15-58(95-82(102)121)94-59(108)23-36-7-11-44(85)45(86)22-36)127-53-14-10-39(26-47(53)88)68(110)66-79(119)98-64(80(120)101-124-20-17-91-83(122)123-6)43-29-41(104)30-51(106)61(43)42-24-37(8-12-50(42)105)62(76(116)100-66)97-77(117)63(40)96-75(115)49(31-57(89)107)93-78(65)118/h7-15,18,22,24-30,34-35,48-49,56,60,62-70,72-73,81,90,92,103-106,109-113H,16-17,19-21,23,31-33H2,1-6H3,(H2,89,107)(H,91,122)(H,93,118)(H,96,115)(H,97,117)(H,98,119)(H,99,114)(H,100,116)(H,101,120)(H,94,95,108,121)/t35?,48?,49?,56?,60?,62?,63?,64-,65?,66?,67?,68?,69?,70?,72?,73?,81?,84-/m1/s1. The molecule has 7 aromatic rings. The number of aromatic hydroxyl groups is 3. The van der Waals surface area contributed by atoms with Gasteiger partial charge in [-0.05, 0) is 139 Å². The van der Waals surface area contributed by atoms with E-state index < -0.39 is 278 Å². The van der Waals surface area contributed by atoms with Crippen LogP contribution >= 0.6 is 46.4 Å². The predicted octanol–water partition coefficient (Wildman–Crippen LogP) is 1.80. The monoisotopic (exact) mass is 1890 g/mol. The first kappa shape index (κ1) is 97.2. The van der Waals surface area contributed by atoms with E-state index in [1.807, 2.05) is 0 Å². The van der Waals surface area contributed by atoms with Crippen LogP contribution in [0.4, 0.5) is 10.6 Å². The number of phenols is 3. The zero-order valence-corrected chi connectivity index (χ0v) is 72.9. The molecule has 46 heteroatoms. The second-order valence-electron chi connectivity index (χ2n) is 31.7. The molecule has 696 valence electrons. The number of anilines is 1. The van der Waals surface area contributed by atoms with E-state index in [0.29, 0.717) is 5.56 Å². The molecule has 2 fully saturated rings. The van der Waals surface area contributed by atoms with Gasteiger partial charge in [-0.1, -0.05) is 84.5 Å². The summed E-state index contributed by atoms with van der Waals surface area (Å²) in [4.78, 5) is 168. The zero-order chi connectivity index (χ0) is 94.2. The lowest BCUT2D eigenvalue weighted by Gasteiger charge is -2.48. The van der Waals surface area contributed by atoms with Crippen LogP contribution in [-0.2, 0) is 79.9 Å². The van der Waals surface area contributed by atoms with E-state index in [1.54, 1.807) is 26.8 Å². The highest BCUT2D eigenvalue weighted by molar-refractivity contribution is 6.42. The van der Waals surface area contributed by atoms with Gasteiger partial charge in [-0.3, -0.25) is 52.6 Å². The number of methoxy groups -OCH3 is 1.